The van der Waals surface area contributed by atoms with E-state index in [4.69, 9.17) is 0 Å². The molecule has 0 radical (unpaired) electrons. The Morgan fingerprint density at radius 3 is 2.53 bits per heavy atom. The number of hydrogen-bond donors (Lipinski definition) is 2. The van der Waals surface area contributed by atoms with Crippen LogP contribution in [-0.2, 0) is 0 Å². The highest BCUT2D eigenvalue weighted by atomic mass is 15.4. The Labute approximate surface area is 112 Å². The van der Waals surface area contributed by atoms with Crippen molar-refractivity contribution in [2.45, 2.75) is 32.7 Å². The van der Waals surface area contributed by atoms with E-state index in [1.807, 2.05) is 6.07 Å². The van der Waals surface area contributed by atoms with Crippen LogP contribution in [-0.4, -0.2) is 37.3 Å². The van der Waals surface area contributed by atoms with Gasteiger partial charge in [0.15, 0.2) is 0 Å². The highest BCUT2D eigenvalue weighted by molar-refractivity contribution is 5.38. The summed E-state index contributed by atoms with van der Waals surface area (Å²) in [4.78, 5) is 13.0. The van der Waals surface area contributed by atoms with E-state index in [1.54, 1.807) is 24.1 Å². The topological polar surface area (TPSA) is 80.5 Å². The first-order chi connectivity index (χ1) is 9.04. The van der Waals surface area contributed by atoms with Crippen LogP contribution in [0, 0.1) is 0 Å². The fraction of sp³-hybridized carbons (Fsp3) is 0.500. The molecule has 2 aromatic heterocycles. The summed E-state index contributed by atoms with van der Waals surface area (Å²) in [7, 11) is 1.77. The predicted molar refractivity (Wildman–Crippen MR) is 74.5 cm³/mol. The summed E-state index contributed by atoms with van der Waals surface area (Å²) in [5, 5.41) is 10.4. The summed E-state index contributed by atoms with van der Waals surface area (Å²) in [5.41, 5.74) is -0.0756. The van der Waals surface area contributed by atoms with Crippen molar-refractivity contribution < 1.29 is 0 Å². The quantitative estimate of drug-likeness (QED) is 0.852. The highest BCUT2D eigenvalue weighted by Gasteiger charge is 2.17. The van der Waals surface area contributed by atoms with Crippen molar-refractivity contribution in [1.82, 2.24) is 24.7 Å². The van der Waals surface area contributed by atoms with Crippen molar-refractivity contribution in [2.24, 2.45) is 0 Å². The zero-order valence-corrected chi connectivity index (χ0v) is 11.7. The molecule has 7 nitrogen and oxygen atoms in total. The Morgan fingerprint density at radius 2 is 1.95 bits per heavy atom. The fourth-order valence-corrected chi connectivity index (χ4v) is 1.41. The second-order valence-corrected chi connectivity index (χ2v) is 4.85. The lowest BCUT2D eigenvalue weighted by atomic mass is 10.0. The molecule has 0 aliphatic heterocycles. The first-order valence-corrected chi connectivity index (χ1v) is 6.26. The molecule has 0 saturated heterocycles. The van der Waals surface area contributed by atoms with E-state index >= 15 is 0 Å². The number of rotatable bonds is 5. The van der Waals surface area contributed by atoms with Gasteiger partial charge >= 0.3 is 0 Å². The number of nitrogens with one attached hydrogen (secondary N) is 2. The van der Waals surface area contributed by atoms with Gasteiger partial charge in [0.2, 0.25) is 11.9 Å². The minimum atomic E-state index is -0.0756. The van der Waals surface area contributed by atoms with Gasteiger partial charge in [-0.3, -0.25) is 0 Å². The van der Waals surface area contributed by atoms with E-state index in [1.165, 1.54) is 0 Å². The Morgan fingerprint density at radius 1 is 1.21 bits per heavy atom. The first-order valence-electron chi connectivity index (χ1n) is 6.26. The molecule has 2 rings (SSSR count). The van der Waals surface area contributed by atoms with Gasteiger partial charge in [0, 0.05) is 25.0 Å². The minimum absolute atomic E-state index is 0.0756. The van der Waals surface area contributed by atoms with Gasteiger partial charge in [0.05, 0.1) is 0 Å². The smallest absolute Gasteiger partial charge is 0.257 e. The third kappa shape index (κ3) is 3.18. The molecule has 0 atom stereocenters. The van der Waals surface area contributed by atoms with E-state index in [2.05, 4.69) is 51.5 Å². The van der Waals surface area contributed by atoms with E-state index < -0.39 is 0 Å². The minimum Gasteiger partial charge on any atom is -0.357 e. The monoisotopic (exact) mass is 261 g/mol. The van der Waals surface area contributed by atoms with Crippen molar-refractivity contribution >= 4 is 11.9 Å². The van der Waals surface area contributed by atoms with Crippen molar-refractivity contribution in [2.75, 3.05) is 17.7 Å². The molecule has 2 heterocycles. The lowest BCUT2D eigenvalue weighted by Crippen LogP contribution is -2.31. The molecule has 19 heavy (non-hydrogen) atoms. The Bertz CT molecular complexity index is 533. The Hall–Kier alpha value is -2.18. The molecule has 0 bridgehead atoms. The van der Waals surface area contributed by atoms with Gasteiger partial charge in [-0.1, -0.05) is 6.92 Å². The third-order valence-corrected chi connectivity index (χ3v) is 2.89. The molecule has 0 amide bonds. The lowest BCUT2D eigenvalue weighted by Gasteiger charge is -2.24. The van der Waals surface area contributed by atoms with Gasteiger partial charge in [0.25, 0.3) is 5.95 Å². The van der Waals surface area contributed by atoms with Crippen LogP contribution >= 0.6 is 0 Å². The molecule has 0 aliphatic rings. The van der Waals surface area contributed by atoms with Crippen LogP contribution in [0.3, 0.4) is 0 Å². The van der Waals surface area contributed by atoms with Gasteiger partial charge in [-0.25, -0.2) is 4.68 Å². The van der Waals surface area contributed by atoms with Crippen LogP contribution in [0.25, 0.3) is 5.95 Å². The van der Waals surface area contributed by atoms with Gasteiger partial charge in [-0.15, -0.1) is 0 Å². The van der Waals surface area contributed by atoms with E-state index in [9.17, 15) is 0 Å². The molecular formula is C12H19N7. The average Bonchev–Trinajstić information content (AvgIpc) is 2.91. The normalized spacial score (nSPS) is 11.4. The van der Waals surface area contributed by atoms with Crippen molar-refractivity contribution in [3.8, 4) is 5.95 Å². The molecule has 0 aliphatic carbocycles. The van der Waals surface area contributed by atoms with Crippen molar-refractivity contribution in [3.05, 3.63) is 18.5 Å². The summed E-state index contributed by atoms with van der Waals surface area (Å²) in [6, 6.07) is 1.83. The van der Waals surface area contributed by atoms with Crippen molar-refractivity contribution in [1.29, 1.82) is 0 Å². The number of anilines is 2. The maximum Gasteiger partial charge on any atom is 0.257 e. The van der Waals surface area contributed by atoms with Gasteiger partial charge < -0.3 is 10.6 Å². The molecule has 0 aromatic carbocycles. The maximum atomic E-state index is 4.38. The summed E-state index contributed by atoms with van der Waals surface area (Å²) >= 11 is 0. The standard InChI is InChI=1S/C12H19N7/c1-5-12(2,3)18-10-15-9(13-4)16-11(17-10)19-8-6-7-14-19/h6-8H,5H2,1-4H3,(H2,13,15,16,17,18). The van der Waals surface area contributed by atoms with Crippen LogP contribution in [0.2, 0.25) is 0 Å². The van der Waals surface area contributed by atoms with E-state index in [0.29, 0.717) is 17.8 Å². The third-order valence-electron chi connectivity index (χ3n) is 2.89. The summed E-state index contributed by atoms with van der Waals surface area (Å²) < 4.78 is 1.60. The first kappa shape index (κ1) is 13.3. The summed E-state index contributed by atoms with van der Waals surface area (Å²) in [6.45, 7) is 6.31. The summed E-state index contributed by atoms with van der Waals surface area (Å²) in [6.07, 6.45) is 4.44. The molecule has 0 saturated carbocycles. The largest absolute Gasteiger partial charge is 0.357 e. The molecule has 0 fully saturated rings. The zero-order chi connectivity index (χ0) is 13.9. The van der Waals surface area contributed by atoms with E-state index in [-0.39, 0.29) is 5.54 Å². The maximum absolute atomic E-state index is 4.38. The molecule has 102 valence electrons. The fourth-order valence-electron chi connectivity index (χ4n) is 1.41. The van der Waals surface area contributed by atoms with Gasteiger partial charge in [0.1, 0.15) is 0 Å². The van der Waals surface area contributed by atoms with E-state index in [0.717, 1.165) is 6.42 Å². The SMILES string of the molecule is CCC(C)(C)Nc1nc(NC)nc(-n2cccn2)n1. The lowest BCUT2D eigenvalue weighted by molar-refractivity contribution is 0.541. The second kappa shape index (κ2) is 5.21. The average molecular weight is 261 g/mol. The Balaban J connectivity index is 2.37. The number of nitrogens with zero attached hydrogens (tertiary/aromatic N) is 5. The molecule has 7 heteroatoms. The van der Waals surface area contributed by atoms with Crippen LogP contribution in [0.1, 0.15) is 27.2 Å². The predicted octanol–water partition coefficient (Wildman–Crippen LogP) is 1.70. The molecule has 0 spiro atoms. The summed E-state index contributed by atoms with van der Waals surface area (Å²) in [5.74, 6) is 1.53. The second-order valence-electron chi connectivity index (χ2n) is 4.85. The highest BCUT2D eigenvalue weighted by Crippen LogP contribution is 2.16. The van der Waals surface area contributed by atoms with Gasteiger partial charge in [-0.2, -0.15) is 20.1 Å². The molecule has 0 unspecified atom stereocenters. The molecule has 2 N–H and O–H groups in total. The van der Waals surface area contributed by atoms with Crippen LogP contribution in [0.4, 0.5) is 11.9 Å². The van der Waals surface area contributed by atoms with Crippen molar-refractivity contribution in [3.63, 3.8) is 0 Å². The van der Waals surface area contributed by atoms with Gasteiger partial charge in [-0.05, 0) is 26.3 Å². The molecular weight excluding hydrogens is 242 g/mol. The number of hydrogen-bond acceptors (Lipinski definition) is 6. The molecule has 2 aromatic rings. The number of aromatic nitrogens is 5. The van der Waals surface area contributed by atoms with Crippen LogP contribution < -0.4 is 10.6 Å². The zero-order valence-electron chi connectivity index (χ0n) is 11.7. The van der Waals surface area contributed by atoms with Crippen LogP contribution in [0.15, 0.2) is 18.5 Å². The Kier molecular flexibility index (Phi) is 3.64. The van der Waals surface area contributed by atoms with Crippen LogP contribution in [0.5, 0.6) is 0 Å².